The second kappa shape index (κ2) is 5.53. The first-order chi connectivity index (χ1) is 9.33. The molecule has 0 aliphatic carbocycles. The third-order valence-corrected chi connectivity index (χ3v) is 3.70. The zero-order valence-corrected chi connectivity index (χ0v) is 11.2. The molecule has 0 spiro atoms. The Morgan fingerprint density at radius 3 is 2.74 bits per heavy atom. The third kappa shape index (κ3) is 2.84. The Morgan fingerprint density at radius 2 is 1.95 bits per heavy atom. The third-order valence-electron chi connectivity index (χ3n) is 3.70. The number of hydrogen-bond acceptors (Lipinski definition) is 4. The summed E-state index contributed by atoms with van der Waals surface area (Å²) in [5, 5.41) is 0. The summed E-state index contributed by atoms with van der Waals surface area (Å²) in [6.45, 7) is 2.81. The van der Waals surface area contributed by atoms with Crippen LogP contribution >= 0.6 is 0 Å². The van der Waals surface area contributed by atoms with Crippen LogP contribution in [0.4, 0.5) is 5.82 Å². The molecule has 4 nitrogen and oxygen atoms in total. The number of anilines is 1. The Bertz CT molecular complexity index is 552. The quantitative estimate of drug-likeness (QED) is 0.846. The van der Waals surface area contributed by atoms with Crippen molar-refractivity contribution in [3.63, 3.8) is 0 Å². The fourth-order valence-electron chi connectivity index (χ4n) is 2.54. The van der Waals surface area contributed by atoms with E-state index in [9.17, 15) is 0 Å². The van der Waals surface area contributed by atoms with Gasteiger partial charge in [0, 0.05) is 26.8 Å². The van der Waals surface area contributed by atoms with E-state index in [1.54, 1.807) is 0 Å². The molecule has 4 heteroatoms. The Morgan fingerprint density at radius 1 is 1.21 bits per heavy atom. The van der Waals surface area contributed by atoms with Crippen molar-refractivity contribution < 1.29 is 4.74 Å². The molecule has 0 N–H and O–H groups in total. The lowest BCUT2D eigenvalue weighted by atomic mass is 10.00. The van der Waals surface area contributed by atoms with Gasteiger partial charge in [0.1, 0.15) is 5.82 Å². The Labute approximate surface area is 113 Å². The van der Waals surface area contributed by atoms with Crippen molar-refractivity contribution in [2.24, 2.45) is 5.92 Å². The van der Waals surface area contributed by atoms with E-state index in [0.29, 0.717) is 5.92 Å². The van der Waals surface area contributed by atoms with Crippen LogP contribution in [0.15, 0.2) is 30.5 Å². The van der Waals surface area contributed by atoms with Gasteiger partial charge >= 0.3 is 0 Å². The minimum Gasteiger partial charge on any atom is -0.381 e. The number of aromatic nitrogens is 2. The number of hydrogen-bond donors (Lipinski definition) is 0. The number of para-hydroxylation sites is 2. The van der Waals surface area contributed by atoms with Crippen LogP contribution in [0, 0.1) is 5.92 Å². The van der Waals surface area contributed by atoms with Gasteiger partial charge in [-0.25, -0.2) is 4.98 Å². The predicted molar refractivity (Wildman–Crippen MR) is 76.4 cm³/mol. The van der Waals surface area contributed by atoms with E-state index in [2.05, 4.69) is 21.9 Å². The fraction of sp³-hybridized carbons (Fsp3) is 0.467. The van der Waals surface area contributed by atoms with Crippen LogP contribution in [0.3, 0.4) is 0 Å². The molecule has 0 unspecified atom stereocenters. The topological polar surface area (TPSA) is 38.2 Å². The molecule has 1 aromatic heterocycles. The van der Waals surface area contributed by atoms with Crippen LogP contribution in [-0.4, -0.2) is 36.8 Å². The van der Waals surface area contributed by atoms with Crippen molar-refractivity contribution in [2.75, 3.05) is 31.7 Å². The highest BCUT2D eigenvalue weighted by Crippen LogP contribution is 2.19. The second-order valence-electron chi connectivity index (χ2n) is 5.15. The van der Waals surface area contributed by atoms with Gasteiger partial charge in [-0.15, -0.1) is 0 Å². The fourth-order valence-corrected chi connectivity index (χ4v) is 2.54. The van der Waals surface area contributed by atoms with Crippen molar-refractivity contribution in [3.8, 4) is 0 Å². The Kier molecular flexibility index (Phi) is 3.60. The predicted octanol–water partition coefficient (Wildman–Crippen LogP) is 2.49. The lowest BCUT2D eigenvalue weighted by Gasteiger charge is -2.27. The molecule has 1 aliphatic heterocycles. The van der Waals surface area contributed by atoms with E-state index in [4.69, 9.17) is 4.74 Å². The molecule has 0 saturated carbocycles. The van der Waals surface area contributed by atoms with E-state index < -0.39 is 0 Å². The minimum absolute atomic E-state index is 0.701. The van der Waals surface area contributed by atoms with Gasteiger partial charge in [-0.2, -0.15) is 0 Å². The van der Waals surface area contributed by atoms with E-state index in [1.807, 2.05) is 30.5 Å². The minimum atomic E-state index is 0.701. The van der Waals surface area contributed by atoms with E-state index in [1.165, 1.54) is 0 Å². The summed E-state index contributed by atoms with van der Waals surface area (Å²) in [4.78, 5) is 11.3. The van der Waals surface area contributed by atoms with Crippen LogP contribution in [0.2, 0.25) is 0 Å². The van der Waals surface area contributed by atoms with E-state index in [-0.39, 0.29) is 0 Å². The Hall–Kier alpha value is -1.68. The number of benzene rings is 1. The summed E-state index contributed by atoms with van der Waals surface area (Å²) >= 11 is 0. The molecule has 0 atom stereocenters. The van der Waals surface area contributed by atoms with Gasteiger partial charge in [0.15, 0.2) is 0 Å². The van der Waals surface area contributed by atoms with Crippen molar-refractivity contribution in [1.82, 2.24) is 9.97 Å². The summed E-state index contributed by atoms with van der Waals surface area (Å²) in [5.74, 6) is 1.65. The molecular weight excluding hydrogens is 238 g/mol. The second-order valence-corrected chi connectivity index (χ2v) is 5.15. The van der Waals surface area contributed by atoms with Crippen LogP contribution in [0.25, 0.3) is 11.0 Å². The molecule has 2 aromatic rings. The van der Waals surface area contributed by atoms with Gasteiger partial charge in [-0.3, -0.25) is 4.98 Å². The van der Waals surface area contributed by atoms with Crippen LogP contribution in [0.1, 0.15) is 12.8 Å². The zero-order valence-electron chi connectivity index (χ0n) is 11.2. The average molecular weight is 257 g/mol. The smallest absolute Gasteiger partial charge is 0.147 e. The lowest BCUT2D eigenvalue weighted by Crippen LogP contribution is -2.30. The maximum Gasteiger partial charge on any atom is 0.147 e. The molecule has 100 valence electrons. The molecule has 0 bridgehead atoms. The van der Waals surface area contributed by atoms with Crippen molar-refractivity contribution in [1.29, 1.82) is 0 Å². The first kappa shape index (κ1) is 12.4. The zero-order chi connectivity index (χ0) is 13.1. The molecule has 1 aliphatic rings. The maximum atomic E-state index is 5.40. The molecule has 1 fully saturated rings. The standard InChI is InChI=1S/C15H19N3O/c1-18(11-12-6-8-19-9-7-12)15-10-16-13-4-2-3-5-14(13)17-15/h2-5,10,12H,6-9,11H2,1H3. The van der Waals surface area contributed by atoms with Gasteiger partial charge < -0.3 is 9.64 Å². The monoisotopic (exact) mass is 257 g/mol. The highest BCUT2D eigenvalue weighted by atomic mass is 16.5. The lowest BCUT2D eigenvalue weighted by molar-refractivity contribution is 0.0685. The molecule has 2 heterocycles. The first-order valence-corrected chi connectivity index (χ1v) is 6.83. The number of ether oxygens (including phenoxy) is 1. The van der Waals surface area contributed by atoms with Crippen molar-refractivity contribution in [2.45, 2.75) is 12.8 Å². The number of fused-ring (bicyclic) bond motifs is 1. The molecule has 1 aromatic carbocycles. The molecule has 1 saturated heterocycles. The highest BCUT2D eigenvalue weighted by molar-refractivity contribution is 5.75. The highest BCUT2D eigenvalue weighted by Gasteiger charge is 2.16. The summed E-state index contributed by atoms with van der Waals surface area (Å²) in [6, 6.07) is 7.99. The summed E-state index contributed by atoms with van der Waals surface area (Å²) in [6.07, 6.45) is 4.15. The van der Waals surface area contributed by atoms with Crippen molar-refractivity contribution >= 4 is 16.9 Å². The average Bonchev–Trinajstić information content (AvgIpc) is 2.48. The van der Waals surface area contributed by atoms with Gasteiger partial charge in [0.2, 0.25) is 0 Å². The molecular formula is C15H19N3O. The molecule has 0 amide bonds. The van der Waals surface area contributed by atoms with Gasteiger partial charge in [0.25, 0.3) is 0 Å². The first-order valence-electron chi connectivity index (χ1n) is 6.83. The number of rotatable bonds is 3. The van der Waals surface area contributed by atoms with Crippen LogP contribution in [0.5, 0.6) is 0 Å². The maximum absolute atomic E-state index is 5.40. The van der Waals surface area contributed by atoms with E-state index >= 15 is 0 Å². The van der Waals surface area contributed by atoms with Crippen LogP contribution < -0.4 is 4.90 Å². The van der Waals surface area contributed by atoms with E-state index in [0.717, 1.165) is 49.5 Å². The van der Waals surface area contributed by atoms with Gasteiger partial charge in [0.05, 0.1) is 17.2 Å². The largest absolute Gasteiger partial charge is 0.381 e. The molecule has 19 heavy (non-hydrogen) atoms. The normalized spacial score (nSPS) is 16.7. The summed E-state index contributed by atoms with van der Waals surface area (Å²) in [7, 11) is 2.09. The number of nitrogens with zero attached hydrogens (tertiary/aromatic N) is 3. The SMILES string of the molecule is CN(CC1CCOCC1)c1cnc2ccccc2n1. The van der Waals surface area contributed by atoms with Crippen LogP contribution in [-0.2, 0) is 4.74 Å². The molecule has 3 rings (SSSR count). The molecule has 0 radical (unpaired) electrons. The summed E-state index contributed by atoms with van der Waals surface area (Å²) < 4.78 is 5.40. The summed E-state index contributed by atoms with van der Waals surface area (Å²) in [5.41, 5.74) is 1.91. The van der Waals surface area contributed by atoms with Gasteiger partial charge in [-0.1, -0.05) is 12.1 Å². The van der Waals surface area contributed by atoms with Gasteiger partial charge in [-0.05, 0) is 30.9 Å². The van der Waals surface area contributed by atoms with Crippen molar-refractivity contribution in [3.05, 3.63) is 30.5 Å². The Balaban J connectivity index is 1.75.